The zero-order valence-corrected chi connectivity index (χ0v) is 11.6. The van der Waals surface area contributed by atoms with Gasteiger partial charge in [-0.3, -0.25) is 4.79 Å². The summed E-state index contributed by atoms with van der Waals surface area (Å²) in [6.07, 6.45) is 0.672. The highest BCUT2D eigenvalue weighted by molar-refractivity contribution is 5.95. The molecule has 0 aliphatic carbocycles. The van der Waals surface area contributed by atoms with Crippen LogP contribution in [0.3, 0.4) is 0 Å². The van der Waals surface area contributed by atoms with Crippen molar-refractivity contribution in [3.8, 4) is 5.69 Å². The lowest BCUT2D eigenvalue weighted by atomic mass is 10.1. The van der Waals surface area contributed by atoms with Crippen LogP contribution in [0.5, 0.6) is 0 Å². The Morgan fingerprint density at radius 3 is 2.60 bits per heavy atom. The minimum Gasteiger partial charge on any atom is -0.292 e. The Morgan fingerprint density at radius 2 is 2.00 bits per heavy atom. The second-order valence-electron chi connectivity index (χ2n) is 4.45. The summed E-state index contributed by atoms with van der Waals surface area (Å²) in [6, 6.07) is 2.53. The third-order valence-corrected chi connectivity index (χ3v) is 3.16. The van der Waals surface area contributed by atoms with Gasteiger partial charge in [-0.1, -0.05) is 25.1 Å². The molecule has 106 valence electrons. The van der Waals surface area contributed by atoms with Crippen LogP contribution in [0.4, 0.5) is 8.78 Å². The highest BCUT2D eigenvalue weighted by Gasteiger charge is 2.22. The number of Topliss-reactive ketones (excluding diaryl/α,β-unsaturated/α-hetero) is 1. The molecule has 0 bridgehead atoms. The molecule has 1 aromatic carbocycles. The van der Waals surface area contributed by atoms with Gasteiger partial charge in [-0.15, -0.1) is 5.10 Å². The molecule has 0 saturated heterocycles. The quantitative estimate of drug-likeness (QED) is 0.808. The highest BCUT2D eigenvalue weighted by atomic mass is 19.1. The monoisotopic (exact) mass is 279 g/mol. The standard InChI is InChI=1S/C14H15F2N3O/c1-4-10-13(11(20)5-2)17-18-19(10)14-9(15)7-6-8(3)12(14)16/h6-7H,4-5H2,1-3H3. The van der Waals surface area contributed by atoms with Gasteiger partial charge in [0.2, 0.25) is 0 Å². The van der Waals surface area contributed by atoms with Crippen LogP contribution in [-0.2, 0) is 6.42 Å². The molecule has 1 aromatic heterocycles. The second kappa shape index (κ2) is 5.48. The molecule has 0 radical (unpaired) electrons. The smallest absolute Gasteiger partial charge is 0.184 e. The van der Waals surface area contributed by atoms with Gasteiger partial charge >= 0.3 is 0 Å². The van der Waals surface area contributed by atoms with E-state index in [1.165, 1.54) is 12.1 Å². The van der Waals surface area contributed by atoms with E-state index < -0.39 is 11.6 Å². The number of aryl methyl sites for hydroxylation is 1. The fourth-order valence-electron chi connectivity index (χ4n) is 2.02. The largest absolute Gasteiger partial charge is 0.292 e. The van der Waals surface area contributed by atoms with Crippen molar-refractivity contribution < 1.29 is 13.6 Å². The molecule has 0 atom stereocenters. The molecule has 0 spiro atoms. The molecule has 0 N–H and O–H groups in total. The summed E-state index contributed by atoms with van der Waals surface area (Å²) in [5.41, 5.74) is 0.613. The molecule has 2 aromatic rings. The topological polar surface area (TPSA) is 47.8 Å². The minimum absolute atomic E-state index is 0.176. The number of aromatic nitrogens is 3. The minimum atomic E-state index is -0.733. The van der Waals surface area contributed by atoms with Crippen LogP contribution in [-0.4, -0.2) is 20.8 Å². The average Bonchev–Trinajstić information content (AvgIpc) is 2.86. The van der Waals surface area contributed by atoms with E-state index in [2.05, 4.69) is 10.3 Å². The van der Waals surface area contributed by atoms with E-state index in [4.69, 9.17) is 0 Å². The molecular formula is C14H15F2N3O. The molecule has 0 unspecified atom stereocenters. The van der Waals surface area contributed by atoms with E-state index in [1.54, 1.807) is 20.8 Å². The zero-order valence-electron chi connectivity index (χ0n) is 11.6. The molecule has 1 heterocycles. The lowest BCUT2D eigenvalue weighted by molar-refractivity contribution is 0.0982. The van der Waals surface area contributed by atoms with E-state index in [1.807, 2.05) is 0 Å². The van der Waals surface area contributed by atoms with Crippen molar-refractivity contribution in [2.24, 2.45) is 0 Å². The lowest BCUT2D eigenvalue weighted by Gasteiger charge is -2.09. The first-order valence-corrected chi connectivity index (χ1v) is 6.43. The molecule has 0 aliphatic heterocycles. The molecule has 20 heavy (non-hydrogen) atoms. The molecule has 0 fully saturated rings. The van der Waals surface area contributed by atoms with Gasteiger partial charge in [0.25, 0.3) is 0 Å². The fourth-order valence-corrected chi connectivity index (χ4v) is 2.02. The first kappa shape index (κ1) is 14.3. The van der Waals surface area contributed by atoms with E-state index in [9.17, 15) is 13.6 Å². The number of halogens is 2. The Bertz CT molecular complexity index is 665. The number of ketones is 1. The van der Waals surface area contributed by atoms with Crippen molar-refractivity contribution in [1.82, 2.24) is 15.0 Å². The van der Waals surface area contributed by atoms with Gasteiger partial charge in [-0.05, 0) is 25.0 Å². The van der Waals surface area contributed by atoms with Gasteiger partial charge in [0.15, 0.2) is 23.1 Å². The van der Waals surface area contributed by atoms with Crippen LogP contribution in [0.25, 0.3) is 5.69 Å². The normalized spacial score (nSPS) is 10.8. The molecule has 0 saturated carbocycles. The Labute approximate surface area is 115 Å². The summed E-state index contributed by atoms with van der Waals surface area (Å²) in [4.78, 5) is 11.8. The van der Waals surface area contributed by atoms with Crippen LogP contribution in [0.15, 0.2) is 12.1 Å². The van der Waals surface area contributed by atoms with Gasteiger partial charge in [0.1, 0.15) is 5.69 Å². The second-order valence-corrected chi connectivity index (χ2v) is 4.45. The maximum atomic E-state index is 14.1. The first-order valence-electron chi connectivity index (χ1n) is 6.43. The van der Waals surface area contributed by atoms with Crippen LogP contribution >= 0.6 is 0 Å². The van der Waals surface area contributed by atoms with Crippen molar-refractivity contribution >= 4 is 5.78 Å². The maximum Gasteiger partial charge on any atom is 0.184 e. The predicted molar refractivity (Wildman–Crippen MR) is 70.0 cm³/mol. The Kier molecular flexibility index (Phi) is 3.92. The number of carbonyl (C=O) groups excluding carboxylic acids is 1. The van der Waals surface area contributed by atoms with Crippen molar-refractivity contribution in [1.29, 1.82) is 0 Å². The summed E-state index contributed by atoms with van der Waals surface area (Å²) >= 11 is 0. The van der Waals surface area contributed by atoms with Gasteiger partial charge in [-0.25, -0.2) is 13.5 Å². The van der Waals surface area contributed by atoms with E-state index in [0.717, 1.165) is 4.68 Å². The third-order valence-electron chi connectivity index (χ3n) is 3.16. The number of benzene rings is 1. The lowest BCUT2D eigenvalue weighted by Crippen LogP contribution is -2.10. The molecule has 0 aliphatic rings. The first-order chi connectivity index (χ1) is 9.51. The Morgan fingerprint density at radius 1 is 1.30 bits per heavy atom. The summed E-state index contributed by atoms with van der Waals surface area (Å²) in [5.74, 6) is -1.62. The number of rotatable bonds is 4. The fraction of sp³-hybridized carbons (Fsp3) is 0.357. The van der Waals surface area contributed by atoms with Crippen LogP contribution in [0.1, 0.15) is 42.0 Å². The molecule has 2 rings (SSSR count). The van der Waals surface area contributed by atoms with Crippen molar-refractivity contribution in [3.63, 3.8) is 0 Å². The Hall–Kier alpha value is -2.11. The van der Waals surface area contributed by atoms with Gasteiger partial charge in [-0.2, -0.15) is 0 Å². The van der Waals surface area contributed by atoms with Crippen molar-refractivity contribution in [3.05, 3.63) is 40.7 Å². The maximum absolute atomic E-state index is 14.1. The van der Waals surface area contributed by atoms with E-state index >= 15 is 0 Å². The zero-order chi connectivity index (χ0) is 14.9. The molecule has 4 nitrogen and oxygen atoms in total. The highest BCUT2D eigenvalue weighted by Crippen LogP contribution is 2.23. The van der Waals surface area contributed by atoms with E-state index in [0.29, 0.717) is 17.7 Å². The SMILES string of the molecule is CCC(=O)c1nnn(-c2c(F)ccc(C)c2F)c1CC. The number of hydrogen-bond donors (Lipinski definition) is 0. The summed E-state index contributed by atoms with van der Waals surface area (Å²) in [6.45, 7) is 5.03. The van der Waals surface area contributed by atoms with Crippen LogP contribution in [0.2, 0.25) is 0 Å². The van der Waals surface area contributed by atoms with Gasteiger partial charge in [0, 0.05) is 6.42 Å². The molecule has 6 heteroatoms. The predicted octanol–water partition coefficient (Wildman–Crippen LogP) is 3.01. The molecule has 0 amide bonds. The third kappa shape index (κ3) is 2.21. The van der Waals surface area contributed by atoms with Crippen LogP contribution < -0.4 is 0 Å². The van der Waals surface area contributed by atoms with Crippen molar-refractivity contribution in [2.75, 3.05) is 0 Å². The Balaban J connectivity index is 2.68. The number of hydrogen-bond acceptors (Lipinski definition) is 3. The average molecular weight is 279 g/mol. The van der Waals surface area contributed by atoms with Crippen LogP contribution in [0, 0.1) is 18.6 Å². The summed E-state index contributed by atoms with van der Waals surface area (Å²) < 4.78 is 29.1. The number of carbonyl (C=O) groups is 1. The summed E-state index contributed by atoms with van der Waals surface area (Å²) in [7, 11) is 0. The van der Waals surface area contributed by atoms with Crippen molar-refractivity contribution in [2.45, 2.75) is 33.6 Å². The molecular weight excluding hydrogens is 264 g/mol. The van der Waals surface area contributed by atoms with Gasteiger partial charge in [0.05, 0.1) is 5.69 Å². The number of nitrogens with zero attached hydrogens (tertiary/aromatic N) is 3. The van der Waals surface area contributed by atoms with Gasteiger partial charge < -0.3 is 0 Å². The summed E-state index contributed by atoms with van der Waals surface area (Å²) in [5, 5.41) is 7.53. The van der Waals surface area contributed by atoms with E-state index in [-0.39, 0.29) is 23.6 Å².